The molecule has 296 valence electrons. The average molecular weight is 796 g/mol. The lowest BCUT2D eigenvalue weighted by Crippen LogP contribution is -2.11. The van der Waals surface area contributed by atoms with Gasteiger partial charge in [-0.15, -0.1) is 0 Å². The molecule has 0 unspecified atom stereocenters. The molecule has 12 rings (SSSR count). The third-order valence-corrected chi connectivity index (χ3v) is 13.5. The Morgan fingerprint density at radius 2 is 1.03 bits per heavy atom. The molecule has 0 bridgehead atoms. The van der Waals surface area contributed by atoms with Crippen LogP contribution < -0.4 is 4.90 Å². The predicted molar refractivity (Wildman–Crippen MR) is 263 cm³/mol. The van der Waals surface area contributed by atoms with Crippen molar-refractivity contribution < 1.29 is 4.42 Å². The fourth-order valence-corrected chi connectivity index (χ4v) is 10.6. The minimum absolute atomic E-state index is 0.579. The zero-order valence-corrected chi connectivity index (χ0v) is 34.6. The van der Waals surface area contributed by atoms with E-state index in [1.165, 1.54) is 97.8 Å². The number of hydrogen-bond acceptors (Lipinski definition) is 2. The van der Waals surface area contributed by atoms with E-state index in [0.717, 1.165) is 44.6 Å². The Labute approximate surface area is 362 Å². The van der Waals surface area contributed by atoms with E-state index in [-0.39, 0.29) is 0 Å². The zero-order valence-electron chi connectivity index (χ0n) is 34.6. The number of para-hydroxylation sites is 2. The maximum Gasteiger partial charge on any atom is 0.136 e. The van der Waals surface area contributed by atoms with Gasteiger partial charge in [0.2, 0.25) is 0 Å². The fraction of sp³-hybridized carbons (Fsp3) is 0.100. The first kappa shape index (κ1) is 36.4. The molecule has 1 heterocycles. The number of fused-ring (bicyclic) bond motifs is 7. The van der Waals surface area contributed by atoms with Crippen LogP contribution in [0, 0.1) is 0 Å². The van der Waals surface area contributed by atoms with Crippen LogP contribution in [0.25, 0.3) is 87.6 Å². The standard InChI is InChI=1S/C60H45NO/c1-2-15-40(16-3-1)49-26-11-18-43-19-12-29-54(59(43)49)53-23-6-8-30-56(53)61(45-36-33-42(34-37-45)50-27-14-32-58-60(50)55-24-7-9-31-57(55)62-58)46-21-10-20-44(39-46)48-25-13-28-51-47-22-5-4-17-41(47)35-38-52(48)51/h4-14,17-40H,1-3,15-16H2. The van der Waals surface area contributed by atoms with Crippen molar-refractivity contribution in [2.24, 2.45) is 0 Å². The van der Waals surface area contributed by atoms with Crippen LogP contribution in [-0.2, 0) is 0 Å². The van der Waals surface area contributed by atoms with Crippen LogP contribution in [0.2, 0.25) is 0 Å². The highest BCUT2D eigenvalue weighted by Gasteiger charge is 2.23. The van der Waals surface area contributed by atoms with Crippen LogP contribution in [0.15, 0.2) is 211 Å². The summed E-state index contributed by atoms with van der Waals surface area (Å²) in [5.41, 5.74) is 13.9. The van der Waals surface area contributed by atoms with E-state index in [2.05, 4.69) is 205 Å². The van der Waals surface area contributed by atoms with Gasteiger partial charge in [0.15, 0.2) is 0 Å². The van der Waals surface area contributed by atoms with Crippen LogP contribution >= 0.6 is 0 Å². The van der Waals surface area contributed by atoms with E-state index in [1.54, 1.807) is 0 Å². The molecule has 2 heteroatoms. The van der Waals surface area contributed by atoms with Crippen LogP contribution in [-0.4, -0.2) is 0 Å². The Morgan fingerprint density at radius 3 is 1.94 bits per heavy atom. The lowest BCUT2D eigenvalue weighted by molar-refractivity contribution is 0.445. The van der Waals surface area contributed by atoms with Gasteiger partial charge in [0.1, 0.15) is 11.2 Å². The monoisotopic (exact) mass is 795 g/mol. The SMILES string of the molecule is c1cc(-c2cccc3c2ccc2ccccc23)cc(N(c2ccc(-c3cccc4oc5ccccc5c34)cc2)c2ccccc2-c2cccc3cccc(C4CCCCC4)c23)c1. The van der Waals surface area contributed by atoms with Crippen LogP contribution in [0.5, 0.6) is 0 Å². The first-order valence-electron chi connectivity index (χ1n) is 22.2. The lowest BCUT2D eigenvalue weighted by Gasteiger charge is -2.29. The van der Waals surface area contributed by atoms with Crippen molar-refractivity contribution in [2.75, 3.05) is 4.90 Å². The van der Waals surface area contributed by atoms with Gasteiger partial charge in [-0.05, 0) is 127 Å². The molecule has 0 radical (unpaired) electrons. The summed E-state index contributed by atoms with van der Waals surface area (Å²) < 4.78 is 6.31. The Hall–Kier alpha value is -7.42. The van der Waals surface area contributed by atoms with Gasteiger partial charge >= 0.3 is 0 Å². The minimum atomic E-state index is 0.579. The van der Waals surface area contributed by atoms with Gasteiger partial charge in [-0.1, -0.05) is 183 Å². The second-order valence-electron chi connectivity index (χ2n) is 17.0. The quantitative estimate of drug-likeness (QED) is 0.149. The Kier molecular flexibility index (Phi) is 8.96. The summed E-state index contributed by atoms with van der Waals surface area (Å²) in [7, 11) is 0. The molecule has 0 aliphatic heterocycles. The first-order valence-corrected chi connectivity index (χ1v) is 22.2. The van der Waals surface area contributed by atoms with E-state index in [9.17, 15) is 0 Å². The summed E-state index contributed by atoms with van der Waals surface area (Å²) in [4.78, 5) is 2.47. The third kappa shape index (κ3) is 6.17. The highest BCUT2D eigenvalue weighted by molar-refractivity contribution is 6.13. The van der Waals surface area contributed by atoms with Crippen LogP contribution in [0.1, 0.15) is 43.6 Å². The summed E-state index contributed by atoms with van der Waals surface area (Å²) in [5.74, 6) is 0.579. The van der Waals surface area contributed by atoms with E-state index >= 15 is 0 Å². The number of anilines is 3. The van der Waals surface area contributed by atoms with Crippen molar-refractivity contribution in [3.63, 3.8) is 0 Å². The van der Waals surface area contributed by atoms with Crippen molar-refractivity contribution in [3.05, 3.63) is 212 Å². The molecule has 0 atom stereocenters. The summed E-state index contributed by atoms with van der Waals surface area (Å²) in [5, 5.41) is 10.1. The number of hydrogen-bond donors (Lipinski definition) is 0. The number of furan rings is 1. The zero-order chi connectivity index (χ0) is 41.0. The summed E-state index contributed by atoms with van der Waals surface area (Å²) >= 11 is 0. The number of nitrogens with zero attached hydrogens (tertiary/aromatic N) is 1. The molecular formula is C60H45NO. The van der Waals surface area contributed by atoms with Gasteiger partial charge in [0.25, 0.3) is 0 Å². The average Bonchev–Trinajstić information content (AvgIpc) is 3.73. The van der Waals surface area contributed by atoms with Gasteiger partial charge in [-0.25, -0.2) is 0 Å². The summed E-state index contributed by atoms with van der Waals surface area (Å²) in [6, 6.07) is 75.9. The predicted octanol–water partition coefficient (Wildman–Crippen LogP) is 17.6. The lowest BCUT2D eigenvalue weighted by atomic mass is 9.80. The first-order chi connectivity index (χ1) is 30.8. The molecule has 1 fully saturated rings. The maximum atomic E-state index is 6.31. The smallest absolute Gasteiger partial charge is 0.136 e. The second-order valence-corrected chi connectivity index (χ2v) is 17.0. The minimum Gasteiger partial charge on any atom is -0.456 e. The molecule has 11 aromatic rings. The molecule has 10 aromatic carbocycles. The van der Waals surface area contributed by atoms with Gasteiger partial charge < -0.3 is 9.32 Å². The summed E-state index contributed by atoms with van der Waals surface area (Å²) in [6.07, 6.45) is 6.46. The van der Waals surface area contributed by atoms with Gasteiger partial charge in [0, 0.05) is 27.7 Å². The molecule has 1 aliphatic rings. The highest BCUT2D eigenvalue weighted by Crippen LogP contribution is 2.47. The fourth-order valence-electron chi connectivity index (χ4n) is 10.6. The van der Waals surface area contributed by atoms with E-state index in [4.69, 9.17) is 4.42 Å². The van der Waals surface area contributed by atoms with E-state index in [0.29, 0.717) is 5.92 Å². The van der Waals surface area contributed by atoms with Gasteiger partial charge in [-0.3, -0.25) is 0 Å². The van der Waals surface area contributed by atoms with Crippen molar-refractivity contribution in [1.29, 1.82) is 0 Å². The Bertz CT molecular complexity index is 3450. The normalized spacial score (nSPS) is 13.4. The molecule has 1 saturated carbocycles. The second kappa shape index (κ2) is 15.2. The van der Waals surface area contributed by atoms with Crippen molar-refractivity contribution in [1.82, 2.24) is 0 Å². The molecule has 0 amide bonds. The van der Waals surface area contributed by atoms with Crippen LogP contribution in [0.3, 0.4) is 0 Å². The number of benzene rings is 10. The molecule has 2 nitrogen and oxygen atoms in total. The molecular weight excluding hydrogens is 751 g/mol. The van der Waals surface area contributed by atoms with Crippen molar-refractivity contribution in [2.45, 2.75) is 38.0 Å². The van der Waals surface area contributed by atoms with Gasteiger partial charge in [0.05, 0.1) is 5.69 Å². The van der Waals surface area contributed by atoms with Gasteiger partial charge in [-0.2, -0.15) is 0 Å². The van der Waals surface area contributed by atoms with Crippen molar-refractivity contribution >= 4 is 71.3 Å². The van der Waals surface area contributed by atoms with Crippen molar-refractivity contribution in [3.8, 4) is 33.4 Å². The molecule has 0 saturated heterocycles. The van der Waals surface area contributed by atoms with E-state index in [1.807, 2.05) is 6.07 Å². The maximum absolute atomic E-state index is 6.31. The van der Waals surface area contributed by atoms with Crippen LogP contribution in [0.4, 0.5) is 17.1 Å². The Balaban J connectivity index is 1.05. The molecule has 62 heavy (non-hydrogen) atoms. The third-order valence-electron chi connectivity index (χ3n) is 13.5. The Morgan fingerprint density at radius 1 is 0.371 bits per heavy atom. The topological polar surface area (TPSA) is 16.4 Å². The highest BCUT2D eigenvalue weighted by atomic mass is 16.3. The largest absolute Gasteiger partial charge is 0.456 e. The molecule has 0 N–H and O–H groups in total. The molecule has 0 spiro atoms. The molecule has 1 aliphatic carbocycles. The summed E-state index contributed by atoms with van der Waals surface area (Å²) in [6.45, 7) is 0. The number of rotatable bonds is 7. The molecule has 1 aromatic heterocycles. The van der Waals surface area contributed by atoms with E-state index < -0.39 is 0 Å².